The molecule has 0 N–H and O–H groups in total. The predicted octanol–water partition coefficient (Wildman–Crippen LogP) is 30.9. The van der Waals surface area contributed by atoms with E-state index < -0.39 is 0 Å². The number of rotatable bonds is 13. The lowest BCUT2D eigenvalue weighted by atomic mass is 9.97. The number of nitrogens with zero attached hydrogens (tertiary/aromatic N) is 9. The highest BCUT2D eigenvalue weighted by atomic mass is 32.1. The van der Waals surface area contributed by atoms with Crippen LogP contribution in [0.3, 0.4) is 0 Å². The molecule has 0 radical (unpaired) electrons. The third-order valence-electron chi connectivity index (χ3n) is 23.7. The average Bonchev–Trinajstić information content (AvgIpc) is 1.72. The molecule has 0 spiro atoms. The van der Waals surface area contributed by atoms with Gasteiger partial charge in [0.25, 0.3) is 0 Å². The molecule has 0 fully saturated rings. The number of fused-ring (bicyclic) bond motifs is 15. The van der Waals surface area contributed by atoms with Crippen LogP contribution in [0.1, 0.15) is 0 Å². The van der Waals surface area contributed by atoms with Crippen molar-refractivity contribution in [2.45, 2.75) is 0 Å². The lowest BCUT2D eigenvalue weighted by molar-refractivity contribution is 0.623. The predicted molar refractivity (Wildman–Crippen MR) is 530 cm³/mol. The monoisotopic (exact) mass is 1670 g/mol. The molecule has 11 nitrogen and oxygen atoms in total. The van der Waals surface area contributed by atoms with Gasteiger partial charge in [0.05, 0.1) is 44.4 Å². The fraction of sp³-hybridized carbons (Fsp3) is 0. The normalized spacial score (nSPS) is 11.4. The fourth-order valence-corrected chi connectivity index (χ4v) is 18.3. The molecule has 12 heteroatoms. The van der Waals surface area contributed by atoms with Crippen molar-refractivity contribution in [3.8, 4) is 146 Å². The third-order valence-corrected chi connectivity index (χ3v) is 24.8. The van der Waals surface area contributed by atoms with Crippen LogP contribution in [0.25, 0.3) is 243 Å². The van der Waals surface area contributed by atoms with Crippen molar-refractivity contribution < 1.29 is 8.83 Å². The molecule has 19 aromatic carbocycles. The Morgan fingerprint density at radius 1 is 0.186 bits per heavy atom. The quantitative estimate of drug-likeness (QED) is 0.102. The van der Waals surface area contributed by atoms with Gasteiger partial charge in [0.15, 0.2) is 28.6 Å². The van der Waals surface area contributed by atoms with E-state index in [4.69, 9.17) is 53.7 Å². The summed E-state index contributed by atoms with van der Waals surface area (Å²) in [5.74, 6) is 3.33. The van der Waals surface area contributed by atoms with Gasteiger partial charge in [0, 0.05) is 82.9 Å². The number of aromatic nitrogens is 9. The Morgan fingerprint density at radius 3 is 0.961 bits per heavy atom. The molecule has 0 atom stereocenters. The van der Waals surface area contributed by atoms with E-state index in [2.05, 4.69) is 267 Å². The molecule has 6 heterocycles. The lowest BCUT2D eigenvalue weighted by Crippen LogP contribution is -1.96. The van der Waals surface area contributed by atoms with E-state index in [1.807, 2.05) is 176 Å². The molecule has 0 aliphatic carbocycles. The van der Waals surface area contributed by atoms with Crippen LogP contribution in [-0.4, -0.2) is 44.9 Å². The highest BCUT2D eigenvalue weighted by Gasteiger charge is 2.22. The Morgan fingerprint density at radius 2 is 0.519 bits per heavy atom. The van der Waals surface area contributed by atoms with Gasteiger partial charge in [-0.2, -0.15) is 0 Å². The van der Waals surface area contributed by atoms with Crippen LogP contribution in [0.15, 0.2) is 452 Å². The van der Waals surface area contributed by atoms with Crippen LogP contribution >= 0.6 is 11.3 Å². The van der Waals surface area contributed by atoms with Gasteiger partial charge in [-0.15, -0.1) is 11.3 Å². The number of hydrogen-bond acceptors (Lipinski definition) is 12. The zero-order valence-corrected chi connectivity index (χ0v) is 70.2. The molecular formula is C117H73N9O2S. The second-order valence-electron chi connectivity index (χ2n) is 31.8. The maximum atomic E-state index is 6.43. The average molecular weight is 1670 g/mol. The third kappa shape index (κ3) is 15.1. The first-order valence-electron chi connectivity index (χ1n) is 42.9. The van der Waals surface area contributed by atoms with Gasteiger partial charge in [0.1, 0.15) is 16.0 Å². The van der Waals surface area contributed by atoms with E-state index in [1.165, 1.54) is 21.0 Å². The summed E-state index contributed by atoms with van der Waals surface area (Å²) in [5.41, 5.74) is 24.3. The molecule has 0 aliphatic rings. The van der Waals surface area contributed by atoms with Gasteiger partial charge in [-0.05, 0) is 138 Å². The molecule has 25 rings (SSSR count). The molecule has 6 aromatic heterocycles. The molecule has 25 aromatic rings. The topological polar surface area (TPSA) is 142 Å². The van der Waals surface area contributed by atoms with Crippen LogP contribution in [0.2, 0.25) is 0 Å². The maximum absolute atomic E-state index is 6.43. The number of thiazole rings is 1. The molecular weight excluding hydrogens is 1600 g/mol. The molecule has 129 heavy (non-hydrogen) atoms. The van der Waals surface area contributed by atoms with E-state index in [-0.39, 0.29) is 0 Å². The van der Waals surface area contributed by atoms with Gasteiger partial charge < -0.3 is 8.83 Å². The second kappa shape index (κ2) is 33.5. The Kier molecular flexibility index (Phi) is 19.9. The van der Waals surface area contributed by atoms with Crippen LogP contribution in [-0.2, 0) is 0 Å². The SMILES string of the molecule is c1ccc(-c2cc(-c3ccccc3)nc(-c3ccc4c(ccc5ccc6nc(-c7ccccc7)oc6c54)c3)n2)cc1.c1ccc(-c2cc(-c3ccccc3)nc(-c3cccc4c3ccc3ccc5sc(-c6ccccc6)nc5c34)n2)cc1.c1ccc(-c2cccc(-c3cc(-c4ccccc4)nc(-c4ccc5c(ccc6ccc7nc(-c8ccccc8)oc7c65)c4)n3)c2)cc1. The Hall–Kier alpha value is -17.2. The van der Waals surface area contributed by atoms with Crippen molar-refractivity contribution in [3.63, 3.8) is 0 Å². The highest BCUT2D eigenvalue weighted by molar-refractivity contribution is 7.21. The standard InChI is InChI=1S/C43H27N3O.C37H23N3O.C37H23N3S/c1-4-11-28(12-5-1)32-17-10-18-34(25-32)39-27-38(29-13-6-2-7-14-29)44-42(45-39)35-21-23-36-33(26-35)20-19-30-22-24-37-41(40(30)36)47-43(46-37)31-15-8-3-9-16-31;1-4-10-24(11-5-1)32-23-33(25-12-6-2-7-13-25)39-36(38-32)29-18-20-30-28(22-29)17-16-26-19-21-31-35(34(26)30)41-37(40-31)27-14-8-3-9-15-27;1-4-11-24(12-5-1)31-23-32(25-13-6-2-7-14-25)39-36(38-31)30-18-10-17-29-28(30)21-19-26-20-22-33-35(34(26)29)40-37(41-33)27-15-8-3-9-16-27/h1-27H;2*1-23H. The lowest BCUT2D eigenvalue weighted by Gasteiger charge is -2.12. The Labute approximate surface area is 746 Å². The summed E-state index contributed by atoms with van der Waals surface area (Å²) < 4.78 is 14.0. The van der Waals surface area contributed by atoms with Crippen LogP contribution < -0.4 is 0 Å². The van der Waals surface area contributed by atoms with E-state index in [9.17, 15) is 0 Å². The zero-order valence-electron chi connectivity index (χ0n) is 69.4. The summed E-state index contributed by atoms with van der Waals surface area (Å²) in [4.78, 5) is 45.3. The summed E-state index contributed by atoms with van der Waals surface area (Å²) in [6.07, 6.45) is 0. The fourth-order valence-electron chi connectivity index (χ4n) is 17.4. The van der Waals surface area contributed by atoms with E-state index in [0.717, 1.165) is 193 Å². The van der Waals surface area contributed by atoms with Gasteiger partial charge in [-0.3, -0.25) is 0 Å². The van der Waals surface area contributed by atoms with Crippen LogP contribution in [0.5, 0.6) is 0 Å². The highest BCUT2D eigenvalue weighted by Crippen LogP contribution is 2.44. The Balaban J connectivity index is 0.000000111. The first-order valence-corrected chi connectivity index (χ1v) is 43.7. The Bertz CT molecular complexity index is 8410. The molecule has 0 aliphatic heterocycles. The summed E-state index contributed by atoms with van der Waals surface area (Å²) in [6.45, 7) is 0. The van der Waals surface area contributed by atoms with E-state index >= 15 is 0 Å². The summed E-state index contributed by atoms with van der Waals surface area (Å²) in [6, 6.07) is 152. The van der Waals surface area contributed by atoms with Crippen molar-refractivity contribution in [1.29, 1.82) is 0 Å². The maximum Gasteiger partial charge on any atom is 0.227 e. The molecule has 0 amide bonds. The van der Waals surface area contributed by atoms with Gasteiger partial charge in [-0.1, -0.05) is 364 Å². The zero-order chi connectivity index (χ0) is 85.5. The molecule has 0 unspecified atom stereocenters. The van der Waals surface area contributed by atoms with Gasteiger partial charge in [0.2, 0.25) is 11.8 Å². The van der Waals surface area contributed by atoms with E-state index in [0.29, 0.717) is 29.3 Å². The van der Waals surface area contributed by atoms with Crippen molar-refractivity contribution in [2.75, 3.05) is 0 Å². The minimum atomic E-state index is 0.622. The smallest absolute Gasteiger partial charge is 0.227 e. The second-order valence-corrected chi connectivity index (χ2v) is 32.9. The minimum Gasteiger partial charge on any atom is -0.435 e. The largest absolute Gasteiger partial charge is 0.435 e. The van der Waals surface area contributed by atoms with Crippen LogP contribution in [0.4, 0.5) is 0 Å². The number of benzene rings is 19. The first-order chi connectivity index (χ1) is 63.9. The summed E-state index contributed by atoms with van der Waals surface area (Å²) >= 11 is 1.74. The van der Waals surface area contributed by atoms with Gasteiger partial charge >= 0.3 is 0 Å². The number of oxazole rings is 2. The summed E-state index contributed by atoms with van der Waals surface area (Å²) in [5, 5.41) is 14.4. The first kappa shape index (κ1) is 76.7. The molecule has 0 bridgehead atoms. The molecule has 0 saturated carbocycles. The van der Waals surface area contributed by atoms with E-state index in [1.54, 1.807) is 11.3 Å². The number of hydrogen-bond donors (Lipinski definition) is 0. The van der Waals surface area contributed by atoms with Crippen molar-refractivity contribution >= 4 is 108 Å². The molecule has 0 saturated heterocycles. The molecule has 604 valence electrons. The minimum absolute atomic E-state index is 0.622. The van der Waals surface area contributed by atoms with Crippen molar-refractivity contribution in [3.05, 3.63) is 443 Å². The van der Waals surface area contributed by atoms with Crippen LogP contribution in [0, 0.1) is 0 Å². The van der Waals surface area contributed by atoms with Crippen molar-refractivity contribution in [2.24, 2.45) is 0 Å². The summed E-state index contributed by atoms with van der Waals surface area (Å²) in [7, 11) is 0. The van der Waals surface area contributed by atoms with Crippen molar-refractivity contribution in [1.82, 2.24) is 44.9 Å². The van der Waals surface area contributed by atoms with Gasteiger partial charge in [-0.25, -0.2) is 44.9 Å².